The van der Waals surface area contributed by atoms with Crippen LogP contribution in [0.4, 0.5) is 10.6 Å². The van der Waals surface area contributed by atoms with E-state index < -0.39 is 0 Å². The molecular formula is C20H20N4O2. The van der Waals surface area contributed by atoms with Gasteiger partial charge in [0.15, 0.2) is 5.82 Å². The van der Waals surface area contributed by atoms with Crippen LogP contribution in [-0.2, 0) is 13.5 Å². The Balaban J connectivity index is 1.38. The van der Waals surface area contributed by atoms with Gasteiger partial charge in [-0.05, 0) is 17.2 Å². The Labute approximate surface area is 151 Å². The van der Waals surface area contributed by atoms with Gasteiger partial charge in [-0.2, -0.15) is 5.10 Å². The number of para-hydroxylation sites is 1. The zero-order chi connectivity index (χ0) is 17.9. The number of carbonyl (C=O) groups excluding carboxylic acids is 1. The first kappa shape index (κ1) is 16.2. The van der Waals surface area contributed by atoms with Gasteiger partial charge in [0.2, 0.25) is 0 Å². The van der Waals surface area contributed by atoms with Crippen molar-refractivity contribution < 1.29 is 9.53 Å². The lowest BCUT2D eigenvalue weighted by atomic mass is 10.1. The van der Waals surface area contributed by atoms with Gasteiger partial charge in [0, 0.05) is 25.2 Å². The fraction of sp³-hybridized carbons (Fsp3) is 0.200. The number of urea groups is 1. The maximum atomic E-state index is 12.3. The number of hydrogen-bond donors (Lipinski definition) is 2. The molecule has 0 saturated heterocycles. The average molecular weight is 348 g/mol. The Hall–Kier alpha value is -3.28. The average Bonchev–Trinajstić information content (AvgIpc) is 3.23. The maximum Gasteiger partial charge on any atom is 0.320 e. The first-order valence-electron chi connectivity index (χ1n) is 8.57. The minimum atomic E-state index is -0.291. The third-order valence-electron chi connectivity index (χ3n) is 4.35. The quantitative estimate of drug-likeness (QED) is 0.761. The van der Waals surface area contributed by atoms with Gasteiger partial charge in [0.25, 0.3) is 0 Å². The Kier molecular flexibility index (Phi) is 4.31. The predicted molar refractivity (Wildman–Crippen MR) is 100 cm³/mol. The van der Waals surface area contributed by atoms with Crippen molar-refractivity contribution in [3.05, 3.63) is 66.4 Å². The molecule has 2 aromatic carbocycles. The summed E-state index contributed by atoms with van der Waals surface area (Å²) in [5.41, 5.74) is 3.06. The van der Waals surface area contributed by atoms with Crippen molar-refractivity contribution in [2.45, 2.75) is 12.5 Å². The molecule has 0 spiro atoms. The van der Waals surface area contributed by atoms with E-state index in [1.54, 1.807) is 4.68 Å². The molecule has 0 fully saturated rings. The summed E-state index contributed by atoms with van der Waals surface area (Å²) in [6, 6.07) is 17.5. The van der Waals surface area contributed by atoms with Crippen LogP contribution < -0.4 is 15.4 Å². The van der Waals surface area contributed by atoms with Crippen molar-refractivity contribution in [3.8, 4) is 16.9 Å². The van der Waals surface area contributed by atoms with Crippen molar-refractivity contribution in [3.63, 3.8) is 0 Å². The molecule has 2 heterocycles. The molecule has 0 radical (unpaired) electrons. The number of ether oxygens (including phenoxy) is 1. The van der Waals surface area contributed by atoms with Crippen LogP contribution in [0.15, 0.2) is 60.8 Å². The van der Waals surface area contributed by atoms with E-state index in [-0.39, 0.29) is 12.1 Å². The number of hydrogen-bond acceptors (Lipinski definition) is 3. The van der Waals surface area contributed by atoms with Crippen LogP contribution in [0.3, 0.4) is 0 Å². The zero-order valence-corrected chi connectivity index (χ0v) is 14.5. The molecule has 0 aliphatic carbocycles. The number of aromatic nitrogens is 2. The molecular weight excluding hydrogens is 328 g/mol. The van der Waals surface area contributed by atoms with E-state index in [1.165, 1.54) is 5.56 Å². The number of benzene rings is 2. The summed E-state index contributed by atoms with van der Waals surface area (Å²) in [5, 5.41) is 10.1. The Morgan fingerprint density at radius 2 is 1.96 bits per heavy atom. The number of nitrogens with zero attached hydrogens (tertiary/aromatic N) is 2. The predicted octanol–water partition coefficient (Wildman–Crippen LogP) is 3.21. The molecule has 132 valence electrons. The molecule has 0 unspecified atom stereocenters. The first-order valence-corrected chi connectivity index (χ1v) is 8.57. The number of nitrogens with one attached hydrogen (secondary N) is 2. The lowest BCUT2D eigenvalue weighted by Gasteiger charge is -2.12. The number of anilines is 1. The first-order chi connectivity index (χ1) is 12.7. The summed E-state index contributed by atoms with van der Waals surface area (Å²) in [6.07, 6.45) is 2.65. The molecule has 6 heteroatoms. The number of rotatable bonds is 4. The molecule has 0 saturated carbocycles. The monoisotopic (exact) mass is 348 g/mol. The van der Waals surface area contributed by atoms with Crippen LogP contribution in [-0.4, -0.2) is 28.5 Å². The number of carbonyl (C=O) groups is 1. The van der Waals surface area contributed by atoms with Crippen LogP contribution in [0.5, 0.6) is 5.75 Å². The second-order valence-corrected chi connectivity index (χ2v) is 6.32. The Bertz CT molecular complexity index is 896. The maximum absolute atomic E-state index is 12.3. The summed E-state index contributed by atoms with van der Waals surface area (Å²) in [4.78, 5) is 12.3. The van der Waals surface area contributed by atoms with Crippen LogP contribution >= 0.6 is 0 Å². The standard InChI is InChI=1S/C20H20N4O2/c1-24-13-17(14-7-3-2-4-8-14)19(23-24)22-20(25)21-12-16-11-15-9-5-6-10-18(15)26-16/h2-10,13,16H,11-12H2,1H3,(H2,21,22,23,25)/t16-/m0/s1. The Morgan fingerprint density at radius 3 is 2.77 bits per heavy atom. The smallest absolute Gasteiger partial charge is 0.320 e. The highest BCUT2D eigenvalue weighted by molar-refractivity contribution is 5.92. The molecule has 1 atom stereocenters. The largest absolute Gasteiger partial charge is 0.488 e. The van der Waals surface area contributed by atoms with E-state index in [0.29, 0.717) is 12.4 Å². The zero-order valence-electron chi connectivity index (χ0n) is 14.5. The SMILES string of the molecule is Cn1cc(-c2ccccc2)c(NC(=O)NC[C@@H]2Cc3ccccc3O2)n1. The Morgan fingerprint density at radius 1 is 1.19 bits per heavy atom. The van der Waals surface area contributed by atoms with Gasteiger partial charge in [-0.15, -0.1) is 0 Å². The lowest BCUT2D eigenvalue weighted by Crippen LogP contribution is -2.37. The minimum absolute atomic E-state index is 0.0459. The highest BCUT2D eigenvalue weighted by atomic mass is 16.5. The molecule has 26 heavy (non-hydrogen) atoms. The van der Waals surface area contributed by atoms with E-state index in [4.69, 9.17) is 4.74 Å². The van der Waals surface area contributed by atoms with E-state index in [1.807, 2.05) is 61.8 Å². The summed E-state index contributed by atoms with van der Waals surface area (Å²) >= 11 is 0. The second-order valence-electron chi connectivity index (χ2n) is 6.32. The van der Waals surface area contributed by atoms with E-state index in [0.717, 1.165) is 23.3 Å². The summed E-state index contributed by atoms with van der Waals surface area (Å²) in [6.45, 7) is 0.439. The number of fused-ring (bicyclic) bond motifs is 1. The fourth-order valence-electron chi connectivity index (χ4n) is 3.14. The second kappa shape index (κ2) is 6.92. The molecule has 0 bridgehead atoms. The summed E-state index contributed by atoms with van der Waals surface area (Å²) in [5.74, 6) is 1.43. The van der Waals surface area contributed by atoms with E-state index in [9.17, 15) is 4.79 Å². The van der Waals surface area contributed by atoms with Crippen LogP contribution in [0.1, 0.15) is 5.56 Å². The molecule has 3 aromatic rings. The van der Waals surface area contributed by atoms with Crippen molar-refractivity contribution in [2.24, 2.45) is 7.05 Å². The van der Waals surface area contributed by atoms with Gasteiger partial charge in [-0.3, -0.25) is 10.00 Å². The van der Waals surface area contributed by atoms with E-state index >= 15 is 0 Å². The molecule has 1 aliphatic heterocycles. The van der Waals surface area contributed by atoms with Crippen molar-refractivity contribution >= 4 is 11.8 Å². The van der Waals surface area contributed by atoms with Gasteiger partial charge in [-0.25, -0.2) is 4.79 Å². The van der Waals surface area contributed by atoms with Crippen LogP contribution in [0.25, 0.3) is 11.1 Å². The topological polar surface area (TPSA) is 68.2 Å². The van der Waals surface area contributed by atoms with Gasteiger partial charge in [0.1, 0.15) is 11.9 Å². The molecule has 2 N–H and O–H groups in total. The van der Waals surface area contributed by atoms with Crippen molar-refractivity contribution in [2.75, 3.05) is 11.9 Å². The third-order valence-corrected chi connectivity index (χ3v) is 4.35. The summed E-state index contributed by atoms with van der Waals surface area (Å²) in [7, 11) is 1.83. The molecule has 2 amide bonds. The number of aryl methyl sites for hydroxylation is 1. The van der Waals surface area contributed by atoms with Gasteiger partial charge in [0.05, 0.1) is 6.54 Å². The van der Waals surface area contributed by atoms with Crippen molar-refractivity contribution in [1.82, 2.24) is 15.1 Å². The van der Waals surface area contributed by atoms with Gasteiger partial charge >= 0.3 is 6.03 Å². The number of amides is 2. The van der Waals surface area contributed by atoms with Gasteiger partial charge in [-0.1, -0.05) is 48.5 Å². The van der Waals surface area contributed by atoms with E-state index in [2.05, 4.69) is 21.8 Å². The molecule has 1 aromatic heterocycles. The fourth-order valence-corrected chi connectivity index (χ4v) is 3.14. The third kappa shape index (κ3) is 3.39. The molecule has 6 nitrogen and oxygen atoms in total. The normalized spacial score (nSPS) is 15.2. The highest BCUT2D eigenvalue weighted by Gasteiger charge is 2.23. The van der Waals surface area contributed by atoms with Crippen LogP contribution in [0.2, 0.25) is 0 Å². The molecule has 4 rings (SSSR count). The summed E-state index contributed by atoms with van der Waals surface area (Å²) < 4.78 is 7.53. The highest BCUT2D eigenvalue weighted by Crippen LogP contribution is 2.28. The van der Waals surface area contributed by atoms with Crippen LogP contribution in [0, 0.1) is 0 Å². The molecule has 1 aliphatic rings. The lowest BCUT2D eigenvalue weighted by molar-refractivity contribution is 0.219. The minimum Gasteiger partial charge on any atom is -0.488 e. The van der Waals surface area contributed by atoms with Gasteiger partial charge < -0.3 is 10.1 Å². The van der Waals surface area contributed by atoms with Crippen molar-refractivity contribution in [1.29, 1.82) is 0 Å².